The first-order valence-electron chi connectivity index (χ1n) is 13.1. The van der Waals surface area contributed by atoms with Crippen molar-refractivity contribution in [3.63, 3.8) is 0 Å². The number of benzene rings is 3. The highest BCUT2D eigenvalue weighted by atomic mass is 16.8. The molecule has 1 N–H and O–H groups in total. The minimum atomic E-state index is -0.977. The van der Waals surface area contributed by atoms with Crippen molar-refractivity contribution in [2.45, 2.75) is 50.5 Å². The quantitative estimate of drug-likeness (QED) is 0.383. The van der Waals surface area contributed by atoms with Crippen molar-refractivity contribution in [1.82, 2.24) is 5.32 Å². The Bertz CT molecular complexity index is 1360. The molecule has 0 radical (unpaired) electrons. The second kappa shape index (κ2) is 11.6. The SMILES string of the molecule is COc1cccc(-c2ccc(O[C@@H]3OC(C)(C)[C@H](OC)[C@H]4OC(=O)O[C@@H]34)cc2C(=O)NCCc2ccccc2)c1. The minimum Gasteiger partial charge on any atom is -0.497 e. The third kappa shape index (κ3) is 5.76. The van der Waals surface area contributed by atoms with Gasteiger partial charge in [-0.05, 0) is 67.3 Å². The second-order valence-electron chi connectivity index (χ2n) is 10.2. The summed E-state index contributed by atoms with van der Waals surface area (Å²) in [5, 5.41) is 3.02. The predicted octanol–water partition coefficient (Wildman–Crippen LogP) is 4.77. The molecule has 0 aliphatic carbocycles. The summed E-state index contributed by atoms with van der Waals surface area (Å²) in [6, 6.07) is 22.7. The smallest absolute Gasteiger partial charge is 0.497 e. The van der Waals surface area contributed by atoms with Crippen molar-refractivity contribution in [2.24, 2.45) is 0 Å². The third-order valence-corrected chi connectivity index (χ3v) is 7.12. The molecule has 2 heterocycles. The molecule has 9 nitrogen and oxygen atoms in total. The minimum absolute atomic E-state index is 0.253. The lowest BCUT2D eigenvalue weighted by atomic mass is 9.89. The van der Waals surface area contributed by atoms with Crippen molar-refractivity contribution in [3.05, 3.63) is 83.9 Å². The number of carbonyl (C=O) groups excluding carboxylic acids is 2. The highest BCUT2D eigenvalue weighted by Gasteiger charge is 2.58. The van der Waals surface area contributed by atoms with E-state index in [2.05, 4.69) is 5.32 Å². The zero-order valence-electron chi connectivity index (χ0n) is 22.9. The van der Waals surface area contributed by atoms with Crippen LogP contribution in [0.15, 0.2) is 72.8 Å². The van der Waals surface area contributed by atoms with Crippen molar-refractivity contribution in [2.75, 3.05) is 20.8 Å². The van der Waals surface area contributed by atoms with Crippen LogP contribution in [0.5, 0.6) is 11.5 Å². The fourth-order valence-electron chi connectivity index (χ4n) is 5.19. The monoisotopic (exact) mass is 547 g/mol. The van der Waals surface area contributed by atoms with Crippen LogP contribution < -0.4 is 14.8 Å². The van der Waals surface area contributed by atoms with E-state index in [1.54, 1.807) is 19.2 Å². The third-order valence-electron chi connectivity index (χ3n) is 7.12. The predicted molar refractivity (Wildman–Crippen MR) is 146 cm³/mol. The molecule has 2 aliphatic heterocycles. The summed E-state index contributed by atoms with van der Waals surface area (Å²) in [4.78, 5) is 25.5. The van der Waals surface area contributed by atoms with E-state index in [9.17, 15) is 9.59 Å². The van der Waals surface area contributed by atoms with Gasteiger partial charge in [0.15, 0.2) is 6.10 Å². The Hall–Kier alpha value is -4.08. The number of rotatable bonds is 9. The number of amides is 1. The first kappa shape index (κ1) is 27.5. The molecule has 0 aromatic heterocycles. The summed E-state index contributed by atoms with van der Waals surface area (Å²) < 4.78 is 34.1. The molecule has 0 spiro atoms. The standard InChI is InChI=1S/C31H33NO8/c1-31(2)27(36-4)25-26(39-30(34)38-25)29(40-31)37-22-13-14-23(20-11-8-12-21(17-20)35-3)24(18-22)28(33)32-16-15-19-9-6-5-7-10-19/h5-14,17-18,25-27,29H,15-16H2,1-4H3,(H,32,33)/t25-,26+,27+,29+/m0/s1. The molecule has 9 heteroatoms. The lowest BCUT2D eigenvalue weighted by molar-refractivity contribution is -0.282. The van der Waals surface area contributed by atoms with E-state index in [1.165, 1.54) is 7.11 Å². The van der Waals surface area contributed by atoms with Gasteiger partial charge < -0.3 is 33.7 Å². The molecule has 0 saturated carbocycles. The van der Waals surface area contributed by atoms with E-state index in [-0.39, 0.29) is 5.91 Å². The van der Waals surface area contributed by atoms with Gasteiger partial charge in [0.2, 0.25) is 12.4 Å². The summed E-state index contributed by atoms with van der Waals surface area (Å²) in [7, 11) is 3.13. The van der Waals surface area contributed by atoms with Gasteiger partial charge in [-0.25, -0.2) is 4.79 Å². The summed E-state index contributed by atoms with van der Waals surface area (Å²) in [6.07, 6.45) is -3.19. The summed E-state index contributed by atoms with van der Waals surface area (Å²) in [5.41, 5.74) is 2.23. The number of hydrogen-bond acceptors (Lipinski definition) is 8. The highest BCUT2D eigenvalue weighted by molar-refractivity contribution is 6.01. The molecular formula is C31H33NO8. The average molecular weight is 548 g/mol. The highest BCUT2D eigenvalue weighted by Crippen LogP contribution is 2.39. The van der Waals surface area contributed by atoms with Crippen molar-refractivity contribution < 1.29 is 38.0 Å². The van der Waals surface area contributed by atoms with Gasteiger partial charge in [-0.1, -0.05) is 42.5 Å². The molecule has 210 valence electrons. The molecule has 5 rings (SSSR count). The normalized spacial score (nSPS) is 22.9. The molecule has 0 bridgehead atoms. The van der Waals surface area contributed by atoms with E-state index in [0.717, 1.165) is 11.1 Å². The maximum atomic E-state index is 13.5. The van der Waals surface area contributed by atoms with Crippen molar-refractivity contribution in [1.29, 1.82) is 0 Å². The molecule has 3 aromatic carbocycles. The Morgan fingerprint density at radius 1 is 0.925 bits per heavy atom. The lowest BCUT2D eigenvalue weighted by Gasteiger charge is -2.45. The summed E-state index contributed by atoms with van der Waals surface area (Å²) in [6.45, 7) is 4.12. The van der Waals surface area contributed by atoms with Gasteiger partial charge in [0, 0.05) is 13.7 Å². The van der Waals surface area contributed by atoms with E-state index in [4.69, 9.17) is 28.4 Å². The zero-order chi connectivity index (χ0) is 28.3. The lowest BCUT2D eigenvalue weighted by Crippen LogP contribution is -2.62. The molecule has 0 unspecified atom stereocenters. The molecule has 40 heavy (non-hydrogen) atoms. The number of fused-ring (bicyclic) bond motifs is 1. The van der Waals surface area contributed by atoms with Gasteiger partial charge >= 0.3 is 6.16 Å². The summed E-state index contributed by atoms with van der Waals surface area (Å²) >= 11 is 0. The molecular weight excluding hydrogens is 514 g/mol. The first-order chi connectivity index (χ1) is 19.3. The number of ether oxygens (including phenoxy) is 6. The van der Waals surface area contributed by atoms with E-state index < -0.39 is 36.4 Å². The van der Waals surface area contributed by atoms with Crippen molar-refractivity contribution >= 4 is 12.1 Å². The van der Waals surface area contributed by atoms with E-state index in [1.807, 2.05) is 74.5 Å². The molecule has 1 amide bonds. The Kier molecular flexibility index (Phi) is 7.95. The zero-order valence-corrected chi connectivity index (χ0v) is 22.9. The van der Waals surface area contributed by atoms with Crippen LogP contribution in [-0.4, -0.2) is 63.0 Å². The van der Waals surface area contributed by atoms with Crippen molar-refractivity contribution in [3.8, 4) is 22.6 Å². The molecule has 2 saturated heterocycles. The van der Waals surface area contributed by atoms with Gasteiger partial charge in [-0.3, -0.25) is 4.79 Å². The Morgan fingerprint density at radius 3 is 2.45 bits per heavy atom. The maximum absolute atomic E-state index is 13.5. The number of nitrogens with one attached hydrogen (secondary N) is 1. The second-order valence-corrected chi connectivity index (χ2v) is 10.2. The van der Waals surface area contributed by atoms with Gasteiger partial charge in [-0.15, -0.1) is 0 Å². The molecule has 4 atom stereocenters. The number of hydrogen-bond donors (Lipinski definition) is 1. The Morgan fingerprint density at radius 2 is 1.70 bits per heavy atom. The Balaban J connectivity index is 1.42. The van der Waals surface area contributed by atoms with Gasteiger partial charge in [-0.2, -0.15) is 0 Å². The van der Waals surface area contributed by atoms with E-state index >= 15 is 0 Å². The summed E-state index contributed by atoms with van der Waals surface area (Å²) in [5.74, 6) is 0.795. The van der Waals surface area contributed by atoms with Crippen LogP contribution in [0.3, 0.4) is 0 Å². The molecule has 2 fully saturated rings. The largest absolute Gasteiger partial charge is 0.509 e. The fraction of sp³-hybridized carbons (Fsp3) is 0.355. The van der Waals surface area contributed by atoms with Gasteiger partial charge in [0.05, 0.1) is 18.3 Å². The maximum Gasteiger partial charge on any atom is 0.509 e. The average Bonchev–Trinajstić information content (AvgIpc) is 3.34. The fourth-order valence-corrected chi connectivity index (χ4v) is 5.19. The van der Waals surface area contributed by atoms with Crippen LogP contribution in [0.25, 0.3) is 11.1 Å². The van der Waals surface area contributed by atoms with Crippen LogP contribution in [-0.2, 0) is 25.4 Å². The first-order valence-corrected chi connectivity index (χ1v) is 13.1. The van der Waals surface area contributed by atoms with Crippen LogP contribution in [0, 0.1) is 0 Å². The number of methoxy groups -OCH3 is 2. The van der Waals surface area contributed by atoms with Gasteiger partial charge in [0.25, 0.3) is 5.91 Å². The number of carbonyl (C=O) groups is 2. The Labute approximate surface area is 233 Å². The van der Waals surface area contributed by atoms with E-state index in [0.29, 0.717) is 35.6 Å². The molecule has 3 aromatic rings. The van der Waals surface area contributed by atoms with Crippen LogP contribution in [0.4, 0.5) is 4.79 Å². The topological polar surface area (TPSA) is 102 Å². The van der Waals surface area contributed by atoms with Crippen LogP contribution >= 0.6 is 0 Å². The van der Waals surface area contributed by atoms with Gasteiger partial charge in [0.1, 0.15) is 17.6 Å². The van der Waals surface area contributed by atoms with Crippen LogP contribution in [0.1, 0.15) is 29.8 Å². The van der Waals surface area contributed by atoms with Crippen LogP contribution in [0.2, 0.25) is 0 Å². The molecule has 2 aliphatic rings.